The molecule has 1 aromatic rings. The van der Waals surface area contributed by atoms with Crippen molar-refractivity contribution in [1.29, 1.82) is 0 Å². The summed E-state index contributed by atoms with van der Waals surface area (Å²) in [4.78, 5) is 10.5. The summed E-state index contributed by atoms with van der Waals surface area (Å²) in [7, 11) is 0. The Labute approximate surface area is 101 Å². The van der Waals surface area contributed by atoms with Crippen molar-refractivity contribution in [2.75, 3.05) is 31.2 Å². The quantitative estimate of drug-likeness (QED) is 0.849. The SMILES string of the molecule is CCOc1cc(N2CCCC(CO)C2)ncn1. The molecule has 5 nitrogen and oxygen atoms in total. The molecular weight excluding hydrogens is 218 g/mol. The molecule has 94 valence electrons. The highest BCUT2D eigenvalue weighted by Crippen LogP contribution is 2.22. The monoisotopic (exact) mass is 237 g/mol. The molecule has 0 aliphatic carbocycles. The normalized spacial score (nSPS) is 20.4. The lowest BCUT2D eigenvalue weighted by atomic mass is 9.99. The molecule has 2 rings (SSSR count). The van der Waals surface area contributed by atoms with Crippen molar-refractivity contribution in [3.63, 3.8) is 0 Å². The van der Waals surface area contributed by atoms with Crippen molar-refractivity contribution in [1.82, 2.24) is 9.97 Å². The largest absolute Gasteiger partial charge is 0.478 e. The summed E-state index contributed by atoms with van der Waals surface area (Å²) in [6, 6.07) is 1.86. The molecule has 1 N–H and O–H groups in total. The summed E-state index contributed by atoms with van der Waals surface area (Å²) >= 11 is 0. The van der Waals surface area contributed by atoms with Gasteiger partial charge in [-0.25, -0.2) is 9.97 Å². The van der Waals surface area contributed by atoms with E-state index < -0.39 is 0 Å². The Balaban J connectivity index is 2.07. The third-order valence-electron chi connectivity index (χ3n) is 3.02. The van der Waals surface area contributed by atoms with Crippen LogP contribution in [-0.4, -0.2) is 41.4 Å². The molecule has 17 heavy (non-hydrogen) atoms. The highest BCUT2D eigenvalue weighted by atomic mass is 16.5. The van der Waals surface area contributed by atoms with Crippen LogP contribution in [0.4, 0.5) is 5.82 Å². The van der Waals surface area contributed by atoms with Gasteiger partial charge in [-0.05, 0) is 25.7 Å². The van der Waals surface area contributed by atoms with Gasteiger partial charge in [-0.1, -0.05) is 0 Å². The van der Waals surface area contributed by atoms with E-state index >= 15 is 0 Å². The Morgan fingerprint density at radius 3 is 3.18 bits per heavy atom. The first-order valence-corrected chi connectivity index (χ1v) is 6.14. The van der Waals surface area contributed by atoms with Crippen LogP contribution in [0.1, 0.15) is 19.8 Å². The van der Waals surface area contributed by atoms with Gasteiger partial charge < -0.3 is 14.7 Å². The fourth-order valence-electron chi connectivity index (χ4n) is 2.15. The predicted molar refractivity (Wildman–Crippen MR) is 65.2 cm³/mol. The molecule has 1 saturated heterocycles. The Hall–Kier alpha value is -1.36. The van der Waals surface area contributed by atoms with Crippen molar-refractivity contribution in [3.05, 3.63) is 12.4 Å². The third-order valence-corrected chi connectivity index (χ3v) is 3.02. The Morgan fingerprint density at radius 2 is 2.41 bits per heavy atom. The molecule has 0 aromatic carbocycles. The van der Waals surface area contributed by atoms with E-state index in [-0.39, 0.29) is 6.61 Å². The van der Waals surface area contributed by atoms with Crippen LogP contribution in [0.15, 0.2) is 12.4 Å². The molecule has 0 radical (unpaired) electrons. The van der Waals surface area contributed by atoms with E-state index in [1.807, 2.05) is 13.0 Å². The fraction of sp³-hybridized carbons (Fsp3) is 0.667. The number of aromatic nitrogens is 2. The van der Waals surface area contributed by atoms with Crippen LogP contribution in [0.5, 0.6) is 5.88 Å². The summed E-state index contributed by atoms with van der Waals surface area (Å²) in [6.45, 7) is 4.64. The number of hydrogen-bond acceptors (Lipinski definition) is 5. The highest BCUT2D eigenvalue weighted by molar-refractivity contribution is 5.41. The molecule has 0 bridgehead atoms. The van der Waals surface area contributed by atoms with Gasteiger partial charge in [-0.3, -0.25) is 0 Å². The lowest BCUT2D eigenvalue weighted by Gasteiger charge is -2.32. The maximum atomic E-state index is 9.21. The van der Waals surface area contributed by atoms with Crippen molar-refractivity contribution in [2.45, 2.75) is 19.8 Å². The first kappa shape index (κ1) is 12.1. The second-order valence-corrected chi connectivity index (χ2v) is 4.28. The summed E-state index contributed by atoms with van der Waals surface area (Å²) in [6.07, 6.45) is 3.72. The van der Waals surface area contributed by atoms with Crippen LogP contribution in [0.25, 0.3) is 0 Å². The van der Waals surface area contributed by atoms with Gasteiger partial charge in [0.25, 0.3) is 0 Å². The second-order valence-electron chi connectivity index (χ2n) is 4.28. The van der Waals surface area contributed by atoms with Crippen LogP contribution in [0, 0.1) is 5.92 Å². The molecular formula is C12H19N3O2. The number of nitrogens with zero attached hydrogens (tertiary/aromatic N) is 3. The lowest BCUT2D eigenvalue weighted by molar-refractivity contribution is 0.208. The molecule has 0 amide bonds. The van der Waals surface area contributed by atoms with Gasteiger partial charge in [0.05, 0.1) is 6.61 Å². The van der Waals surface area contributed by atoms with Crippen molar-refractivity contribution >= 4 is 5.82 Å². The molecule has 1 fully saturated rings. The maximum Gasteiger partial charge on any atom is 0.218 e. The average molecular weight is 237 g/mol. The van der Waals surface area contributed by atoms with Gasteiger partial charge in [0.2, 0.25) is 5.88 Å². The molecule has 1 unspecified atom stereocenters. The van der Waals surface area contributed by atoms with Crippen LogP contribution in [-0.2, 0) is 0 Å². The summed E-state index contributed by atoms with van der Waals surface area (Å²) in [5.74, 6) is 1.86. The summed E-state index contributed by atoms with van der Waals surface area (Å²) < 4.78 is 5.36. The Bertz CT molecular complexity index is 359. The van der Waals surface area contributed by atoms with Gasteiger partial charge >= 0.3 is 0 Å². The number of rotatable bonds is 4. The third kappa shape index (κ3) is 3.06. The Kier molecular flexibility index (Phi) is 4.14. The molecule has 5 heteroatoms. The topological polar surface area (TPSA) is 58.5 Å². The van der Waals surface area contributed by atoms with Gasteiger partial charge in [0.1, 0.15) is 12.1 Å². The fourth-order valence-corrected chi connectivity index (χ4v) is 2.15. The van der Waals surface area contributed by atoms with Gasteiger partial charge in [0.15, 0.2) is 0 Å². The van der Waals surface area contributed by atoms with Crippen LogP contribution >= 0.6 is 0 Å². The number of hydrogen-bond donors (Lipinski definition) is 1. The second kappa shape index (κ2) is 5.82. The lowest BCUT2D eigenvalue weighted by Crippen LogP contribution is -2.37. The highest BCUT2D eigenvalue weighted by Gasteiger charge is 2.20. The van der Waals surface area contributed by atoms with Crippen LogP contribution < -0.4 is 9.64 Å². The average Bonchev–Trinajstić information content (AvgIpc) is 2.40. The van der Waals surface area contributed by atoms with Crippen molar-refractivity contribution in [3.8, 4) is 5.88 Å². The van der Waals surface area contributed by atoms with Crippen LogP contribution in [0.2, 0.25) is 0 Å². The number of aliphatic hydroxyl groups excluding tert-OH is 1. The molecule has 0 spiro atoms. The van der Waals surface area contributed by atoms with Crippen molar-refractivity contribution < 1.29 is 9.84 Å². The van der Waals surface area contributed by atoms with E-state index in [9.17, 15) is 5.11 Å². The minimum absolute atomic E-state index is 0.250. The number of ether oxygens (including phenoxy) is 1. The minimum Gasteiger partial charge on any atom is -0.478 e. The zero-order chi connectivity index (χ0) is 12.1. The zero-order valence-electron chi connectivity index (χ0n) is 10.2. The van der Waals surface area contributed by atoms with E-state index in [4.69, 9.17) is 4.74 Å². The van der Waals surface area contributed by atoms with Gasteiger partial charge in [0, 0.05) is 25.8 Å². The first-order valence-electron chi connectivity index (χ1n) is 6.14. The number of piperidine rings is 1. The maximum absolute atomic E-state index is 9.21. The smallest absolute Gasteiger partial charge is 0.218 e. The van der Waals surface area contributed by atoms with E-state index in [0.717, 1.165) is 31.7 Å². The molecule has 0 saturated carbocycles. The number of aliphatic hydroxyl groups is 1. The van der Waals surface area contributed by atoms with E-state index in [1.165, 1.54) is 6.33 Å². The zero-order valence-corrected chi connectivity index (χ0v) is 10.2. The molecule has 1 atom stereocenters. The number of anilines is 1. The molecule has 1 aromatic heterocycles. The molecule has 1 aliphatic heterocycles. The van der Waals surface area contributed by atoms with Gasteiger partial charge in [-0.15, -0.1) is 0 Å². The van der Waals surface area contributed by atoms with Gasteiger partial charge in [-0.2, -0.15) is 0 Å². The molecule has 2 heterocycles. The van der Waals surface area contributed by atoms with E-state index in [0.29, 0.717) is 18.4 Å². The molecule has 1 aliphatic rings. The predicted octanol–water partition coefficient (Wildman–Crippen LogP) is 1.08. The van der Waals surface area contributed by atoms with E-state index in [2.05, 4.69) is 14.9 Å². The van der Waals surface area contributed by atoms with E-state index in [1.54, 1.807) is 0 Å². The van der Waals surface area contributed by atoms with Crippen LogP contribution in [0.3, 0.4) is 0 Å². The summed E-state index contributed by atoms with van der Waals surface area (Å²) in [5.41, 5.74) is 0. The summed E-state index contributed by atoms with van der Waals surface area (Å²) in [5, 5.41) is 9.21. The first-order chi connectivity index (χ1) is 8.33. The standard InChI is InChI=1S/C12H19N3O2/c1-2-17-12-6-11(13-9-14-12)15-5-3-4-10(7-15)8-16/h6,9-10,16H,2-5,7-8H2,1H3. The Morgan fingerprint density at radius 1 is 1.53 bits per heavy atom. The minimum atomic E-state index is 0.250. The van der Waals surface area contributed by atoms with Crippen molar-refractivity contribution in [2.24, 2.45) is 5.92 Å².